The van der Waals surface area contributed by atoms with Crippen molar-refractivity contribution in [2.45, 2.75) is 25.8 Å². The van der Waals surface area contributed by atoms with Crippen LogP contribution in [-0.2, 0) is 6.42 Å². The van der Waals surface area contributed by atoms with Crippen LogP contribution in [0.25, 0.3) is 0 Å². The fourth-order valence-electron chi connectivity index (χ4n) is 1.92. The number of imidazole rings is 1. The zero-order valence-corrected chi connectivity index (χ0v) is 11.2. The van der Waals surface area contributed by atoms with Crippen LogP contribution in [0.1, 0.15) is 30.8 Å². The molecule has 3 nitrogen and oxygen atoms in total. The highest BCUT2D eigenvalue weighted by atomic mass is 35.5. The average molecular weight is 264 g/mol. The van der Waals surface area contributed by atoms with E-state index in [2.05, 4.69) is 34.3 Å². The second kappa shape index (κ2) is 6.57. The van der Waals surface area contributed by atoms with E-state index in [1.165, 1.54) is 5.56 Å². The van der Waals surface area contributed by atoms with E-state index in [0.717, 1.165) is 30.2 Å². The molecule has 1 heterocycles. The lowest BCUT2D eigenvalue weighted by atomic mass is 10.0. The first-order valence-electron chi connectivity index (χ1n) is 6.26. The maximum Gasteiger partial charge on any atom is 0.107 e. The molecule has 0 aliphatic rings. The highest BCUT2D eigenvalue weighted by Crippen LogP contribution is 2.19. The lowest BCUT2D eigenvalue weighted by Gasteiger charge is -2.18. The Bertz CT molecular complexity index is 450. The van der Waals surface area contributed by atoms with Gasteiger partial charge in [0.2, 0.25) is 0 Å². The van der Waals surface area contributed by atoms with E-state index < -0.39 is 0 Å². The number of nitrogens with one attached hydrogen (secondary N) is 2. The molecule has 0 saturated carbocycles. The Morgan fingerprint density at radius 1 is 1.33 bits per heavy atom. The zero-order valence-electron chi connectivity index (χ0n) is 10.5. The van der Waals surface area contributed by atoms with Crippen LogP contribution in [0, 0.1) is 0 Å². The quantitative estimate of drug-likeness (QED) is 0.839. The molecule has 0 aliphatic carbocycles. The Labute approximate surface area is 113 Å². The fraction of sp³-hybridized carbons (Fsp3) is 0.357. The Morgan fingerprint density at radius 2 is 2.11 bits per heavy atom. The molecule has 0 spiro atoms. The van der Waals surface area contributed by atoms with Crippen molar-refractivity contribution in [2.24, 2.45) is 0 Å². The van der Waals surface area contributed by atoms with E-state index in [9.17, 15) is 0 Å². The Kier molecular flexibility index (Phi) is 4.79. The smallest absolute Gasteiger partial charge is 0.107 e. The van der Waals surface area contributed by atoms with Gasteiger partial charge in [0.05, 0.1) is 0 Å². The molecular weight excluding hydrogens is 246 g/mol. The molecule has 0 bridgehead atoms. The van der Waals surface area contributed by atoms with Crippen molar-refractivity contribution in [3.8, 4) is 0 Å². The van der Waals surface area contributed by atoms with E-state index in [0.29, 0.717) is 0 Å². The Balaban J connectivity index is 2.11. The van der Waals surface area contributed by atoms with Gasteiger partial charge in [0.25, 0.3) is 0 Å². The number of nitrogens with zero attached hydrogens (tertiary/aromatic N) is 1. The summed E-state index contributed by atoms with van der Waals surface area (Å²) in [6.07, 6.45) is 5.61. The lowest BCUT2D eigenvalue weighted by molar-refractivity contribution is 0.520. The summed E-state index contributed by atoms with van der Waals surface area (Å²) in [5.74, 6) is 0.999. The number of hydrogen-bond acceptors (Lipinski definition) is 2. The van der Waals surface area contributed by atoms with Gasteiger partial charge in [0, 0.05) is 29.9 Å². The summed E-state index contributed by atoms with van der Waals surface area (Å²) in [5.41, 5.74) is 1.24. The summed E-state index contributed by atoms with van der Waals surface area (Å²) in [5, 5.41) is 4.31. The molecule has 2 rings (SSSR count). The Hall–Kier alpha value is -1.32. The van der Waals surface area contributed by atoms with Crippen molar-refractivity contribution >= 4 is 11.6 Å². The van der Waals surface area contributed by atoms with Gasteiger partial charge in [-0.3, -0.25) is 0 Å². The van der Waals surface area contributed by atoms with Gasteiger partial charge < -0.3 is 10.3 Å². The molecule has 1 aromatic heterocycles. The fourth-order valence-corrected chi connectivity index (χ4v) is 2.05. The minimum atomic E-state index is 0.272. The summed E-state index contributed by atoms with van der Waals surface area (Å²) in [4.78, 5) is 7.43. The predicted molar refractivity (Wildman–Crippen MR) is 74.8 cm³/mol. The third-order valence-electron chi connectivity index (χ3n) is 2.87. The topological polar surface area (TPSA) is 40.7 Å². The largest absolute Gasteiger partial charge is 0.349 e. The van der Waals surface area contributed by atoms with Gasteiger partial charge in [-0.15, -0.1) is 0 Å². The van der Waals surface area contributed by atoms with Crippen LogP contribution in [-0.4, -0.2) is 16.5 Å². The van der Waals surface area contributed by atoms with E-state index >= 15 is 0 Å². The van der Waals surface area contributed by atoms with E-state index in [4.69, 9.17) is 11.6 Å². The van der Waals surface area contributed by atoms with E-state index in [1.807, 2.05) is 18.3 Å². The molecule has 18 heavy (non-hydrogen) atoms. The summed E-state index contributed by atoms with van der Waals surface area (Å²) in [7, 11) is 0. The standard InChI is InChI=1S/C14H18ClN3/c1-2-7-16-13(10-14-17-8-9-18-14)11-3-5-12(15)6-4-11/h3-6,8-9,13,16H,2,7,10H2,1H3,(H,17,18). The van der Waals surface area contributed by atoms with Gasteiger partial charge in [0.15, 0.2) is 0 Å². The number of aromatic nitrogens is 2. The first-order valence-corrected chi connectivity index (χ1v) is 6.64. The van der Waals surface area contributed by atoms with Crippen LogP contribution in [0.15, 0.2) is 36.7 Å². The van der Waals surface area contributed by atoms with Gasteiger partial charge >= 0.3 is 0 Å². The highest BCUT2D eigenvalue weighted by molar-refractivity contribution is 6.30. The maximum atomic E-state index is 5.92. The highest BCUT2D eigenvalue weighted by Gasteiger charge is 2.12. The minimum absolute atomic E-state index is 0.272. The molecule has 1 unspecified atom stereocenters. The van der Waals surface area contributed by atoms with Crippen LogP contribution in [0.4, 0.5) is 0 Å². The van der Waals surface area contributed by atoms with Gasteiger partial charge in [-0.25, -0.2) is 4.98 Å². The average Bonchev–Trinajstić information content (AvgIpc) is 2.88. The molecule has 96 valence electrons. The molecule has 0 fully saturated rings. The second-order valence-electron chi connectivity index (χ2n) is 4.30. The van der Waals surface area contributed by atoms with Crippen molar-refractivity contribution in [1.82, 2.24) is 15.3 Å². The monoisotopic (exact) mass is 263 g/mol. The van der Waals surface area contributed by atoms with E-state index in [1.54, 1.807) is 6.20 Å². The normalized spacial score (nSPS) is 12.6. The van der Waals surface area contributed by atoms with Crippen LogP contribution >= 0.6 is 11.6 Å². The molecule has 1 aromatic carbocycles. The summed E-state index contributed by atoms with van der Waals surface area (Å²) < 4.78 is 0. The third kappa shape index (κ3) is 3.59. The van der Waals surface area contributed by atoms with Crippen molar-refractivity contribution in [3.63, 3.8) is 0 Å². The molecule has 0 radical (unpaired) electrons. The summed E-state index contributed by atoms with van der Waals surface area (Å²) in [6, 6.07) is 8.27. The summed E-state index contributed by atoms with van der Waals surface area (Å²) >= 11 is 5.92. The number of halogens is 1. The van der Waals surface area contributed by atoms with Crippen LogP contribution < -0.4 is 5.32 Å². The second-order valence-corrected chi connectivity index (χ2v) is 4.73. The first kappa shape index (κ1) is 13.1. The van der Waals surface area contributed by atoms with Gasteiger partial charge in [-0.2, -0.15) is 0 Å². The number of rotatable bonds is 6. The Morgan fingerprint density at radius 3 is 2.72 bits per heavy atom. The van der Waals surface area contributed by atoms with Crippen LogP contribution in [0.2, 0.25) is 5.02 Å². The maximum absolute atomic E-state index is 5.92. The molecule has 2 aromatic rings. The molecule has 4 heteroatoms. The number of aromatic amines is 1. The molecule has 0 saturated heterocycles. The van der Waals surface area contributed by atoms with Crippen molar-refractivity contribution < 1.29 is 0 Å². The van der Waals surface area contributed by atoms with Crippen LogP contribution in [0.5, 0.6) is 0 Å². The van der Waals surface area contributed by atoms with Gasteiger partial charge in [-0.1, -0.05) is 30.7 Å². The molecule has 0 amide bonds. The predicted octanol–water partition coefficient (Wildman–Crippen LogP) is 3.35. The van der Waals surface area contributed by atoms with Gasteiger partial charge in [-0.05, 0) is 30.7 Å². The molecule has 0 aliphatic heterocycles. The van der Waals surface area contributed by atoms with Crippen molar-refractivity contribution in [1.29, 1.82) is 0 Å². The minimum Gasteiger partial charge on any atom is -0.349 e. The zero-order chi connectivity index (χ0) is 12.8. The molecular formula is C14H18ClN3. The lowest BCUT2D eigenvalue weighted by Crippen LogP contribution is -2.24. The third-order valence-corrected chi connectivity index (χ3v) is 3.12. The van der Waals surface area contributed by atoms with E-state index in [-0.39, 0.29) is 6.04 Å². The number of hydrogen-bond donors (Lipinski definition) is 2. The van der Waals surface area contributed by atoms with Gasteiger partial charge in [0.1, 0.15) is 5.82 Å². The molecule has 1 atom stereocenters. The summed E-state index contributed by atoms with van der Waals surface area (Å²) in [6.45, 7) is 3.16. The number of benzene rings is 1. The van der Waals surface area contributed by atoms with Crippen molar-refractivity contribution in [3.05, 3.63) is 53.1 Å². The van der Waals surface area contributed by atoms with Crippen molar-refractivity contribution in [2.75, 3.05) is 6.54 Å². The molecule has 2 N–H and O–H groups in total. The first-order chi connectivity index (χ1) is 8.79. The number of H-pyrrole nitrogens is 1. The van der Waals surface area contributed by atoms with Crippen LogP contribution in [0.3, 0.4) is 0 Å². The SMILES string of the molecule is CCCNC(Cc1ncc[nH]1)c1ccc(Cl)cc1.